The molecule has 0 saturated carbocycles. The average Bonchev–Trinajstić information content (AvgIpc) is 3.38. The van der Waals surface area contributed by atoms with Crippen LogP contribution < -0.4 is 5.32 Å². The summed E-state index contributed by atoms with van der Waals surface area (Å²) in [6.45, 7) is 5.16. The Kier molecular flexibility index (Phi) is 6.16. The molecule has 0 aliphatic carbocycles. The minimum atomic E-state index is -3.59. The van der Waals surface area contributed by atoms with Gasteiger partial charge in [-0.05, 0) is 43.9 Å². The van der Waals surface area contributed by atoms with Crippen molar-refractivity contribution >= 4 is 26.6 Å². The van der Waals surface area contributed by atoms with Crippen LogP contribution in [0.5, 0.6) is 0 Å². The number of hydrogen-bond acceptors (Lipinski definition) is 4. The molecule has 1 atom stereocenters. The quantitative estimate of drug-likeness (QED) is 0.610. The topological polar surface area (TPSA) is 77.4 Å². The van der Waals surface area contributed by atoms with Crippen LogP contribution in [0, 0.1) is 13.8 Å². The van der Waals surface area contributed by atoms with E-state index in [0.29, 0.717) is 11.9 Å². The average molecular weight is 441 g/mol. The number of aromatic nitrogens is 1. The summed E-state index contributed by atoms with van der Waals surface area (Å²) in [6, 6.07) is 13.2. The number of hydrogen-bond donors (Lipinski definition) is 1. The van der Waals surface area contributed by atoms with Crippen LogP contribution in [-0.2, 0) is 31.7 Å². The van der Waals surface area contributed by atoms with Crippen LogP contribution in [0.15, 0.2) is 53.6 Å². The van der Waals surface area contributed by atoms with Gasteiger partial charge >= 0.3 is 0 Å². The molecule has 3 aromatic rings. The number of nitrogens with one attached hydrogen (secondary N) is 1. The SMILES string of the molecule is Cc1ccc(C)c(CS(=O)(=O)c2cn(CC(=O)NCC3CCCO3)c3ccccc23)c1. The van der Waals surface area contributed by atoms with Gasteiger partial charge < -0.3 is 14.6 Å². The molecule has 7 heteroatoms. The molecule has 31 heavy (non-hydrogen) atoms. The monoisotopic (exact) mass is 440 g/mol. The lowest BCUT2D eigenvalue weighted by atomic mass is 10.1. The molecule has 1 amide bonds. The van der Waals surface area contributed by atoms with Crippen LogP contribution in [0.4, 0.5) is 0 Å². The largest absolute Gasteiger partial charge is 0.376 e. The first-order valence-electron chi connectivity index (χ1n) is 10.6. The predicted molar refractivity (Wildman–Crippen MR) is 121 cm³/mol. The molecule has 1 aliphatic rings. The number of amides is 1. The van der Waals surface area contributed by atoms with Crippen LogP contribution in [0.3, 0.4) is 0 Å². The van der Waals surface area contributed by atoms with Gasteiger partial charge in [0.1, 0.15) is 6.54 Å². The van der Waals surface area contributed by atoms with Crippen LogP contribution >= 0.6 is 0 Å². The molecular formula is C24H28N2O4S. The third-order valence-electron chi connectivity index (χ3n) is 5.80. The van der Waals surface area contributed by atoms with Gasteiger partial charge in [-0.15, -0.1) is 0 Å². The molecule has 164 valence electrons. The van der Waals surface area contributed by atoms with E-state index < -0.39 is 9.84 Å². The van der Waals surface area contributed by atoms with Crippen LogP contribution in [0.2, 0.25) is 0 Å². The molecule has 1 aromatic heterocycles. The highest BCUT2D eigenvalue weighted by Gasteiger charge is 2.23. The summed E-state index contributed by atoms with van der Waals surface area (Å²) in [5.74, 6) is -0.227. The van der Waals surface area contributed by atoms with Gasteiger partial charge in [0.15, 0.2) is 9.84 Å². The Morgan fingerprint density at radius 2 is 2.00 bits per heavy atom. The van der Waals surface area contributed by atoms with Crippen LogP contribution in [0.25, 0.3) is 10.9 Å². The number of carbonyl (C=O) groups excluding carboxylic acids is 1. The zero-order valence-corrected chi connectivity index (χ0v) is 18.7. The summed E-state index contributed by atoms with van der Waals surface area (Å²) in [5.41, 5.74) is 3.51. The van der Waals surface area contributed by atoms with E-state index in [4.69, 9.17) is 4.74 Å². The highest BCUT2D eigenvalue weighted by Crippen LogP contribution is 2.29. The van der Waals surface area contributed by atoms with Gasteiger partial charge in [-0.3, -0.25) is 4.79 Å². The molecule has 1 aliphatic heterocycles. The van der Waals surface area contributed by atoms with Gasteiger partial charge in [-0.25, -0.2) is 8.42 Å². The molecule has 6 nitrogen and oxygen atoms in total. The van der Waals surface area contributed by atoms with Crippen molar-refractivity contribution in [3.8, 4) is 0 Å². The first-order valence-corrected chi connectivity index (χ1v) is 12.2. The number of rotatable bonds is 7. The summed E-state index contributed by atoms with van der Waals surface area (Å²) < 4.78 is 34.0. The van der Waals surface area contributed by atoms with E-state index in [1.54, 1.807) is 16.8 Å². The fourth-order valence-corrected chi connectivity index (χ4v) is 5.75. The van der Waals surface area contributed by atoms with Gasteiger partial charge in [-0.1, -0.05) is 42.0 Å². The Bertz CT molecular complexity index is 1210. The number of ether oxygens (including phenoxy) is 1. The highest BCUT2D eigenvalue weighted by molar-refractivity contribution is 7.90. The van der Waals surface area contributed by atoms with Crippen molar-refractivity contribution < 1.29 is 17.9 Å². The first-order chi connectivity index (χ1) is 14.8. The number of nitrogens with zero attached hydrogens (tertiary/aromatic N) is 1. The lowest BCUT2D eigenvalue weighted by molar-refractivity contribution is -0.122. The van der Waals surface area contributed by atoms with E-state index in [1.165, 1.54) is 0 Å². The van der Waals surface area contributed by atoms with Crippen molar-refractivity contribution in [3.05, 3.63) is 65.4 Å². The lowest BCUT2D eigenvalue weighted by Gasteiger charge is -2.11. The Balaban J connectivity index is 1.59. The zero-order valence-electron chi connectivity index (χ0n) is 17.9. The third kappa shape index (κ3) is 4.83. The molecule has 1 fully saturated rings. The fraction of sp³-hybridized carbons (Fsp3) is 0.375. The number of benzene rings is 2. The molecule has 0 spiro atoms. The number of fused-ring (bicyclic) bond motifs is 1. The molecule has 1 N–H and O–H groups in total. The summed E-state index contributed by atoms with van der Waals surface area (Å²) in [5, 5.41) is 3.54. The van der Waals surface area contributed by atoms with E-state index in [9.17, 15) is 13.2 Å². The number of para-hydroxylation sites is 1. The normalized spacial score (nSPS) is 16.6. The van der Waals surface area contributed by atoms with Gasteiger partial charge in [0, 0.05) is 30.3 Å². The molecule has 1 unspecified atom stereocenters. The molecular weight excluding hydrogens is 412 g/mol. The van der Waals surface area contributed by atoms with E-state index >= 15 is 0 Å². The first kappa shape index (κ1) is 21.6. The summed E-state index contributed by atoms with van der Waals surface area (Å²) in [4.78, 5) is 12.8. The minimum Gasteiger partial charge on any atom is -0.376 e. The summed E-state index contributed by atoms with van der Waals surface area (Å²) in [6.07, 6.45) is 3.63. The van der Waals surface area contributed by atoms with E-state index in [-0.39, 0.29) is 29.2 Å². The van der Waals surface area contributed by atoms with E-state index in [1.807, 2.05) is 50.2 Å². The molecule has 4 rings (SSSR count). The molecule has 0 bridgehead atoms. The predicted octanol–water partition coefficient (Wildman–Crippen LogP) is 3.53. The highest BCUT2D eigenvalue weighted by atomic mass is 32.2. The van der Waals surface area contributed by atoms with Crippen molar-refractivity contribution in [2.24, 2.45) is 0 Å². The van der Waals surface area contributed by atoms with E-state index in [2.05, 4.69) is 5.32 Å². The summed E-state index contributed by atoms with van der Waals surface area (Å²) in [7, 11) is -3.59. The van der Waals surface area contributed by atoms with Crippen LogP contribution in [0.1, 0.15) is 29.5 Å². The Morgan fingerprint density at radius 3 is 2.77 bits per heavy atom. The Labute approximate surface area is 183 Å². The number of carbonyl (C=O) groups is 1. The maximum absolute atomic E-state index is 13.3. The van der Waals surface area contributed by atoms with Crippen molar-refractivity contribution in [2.75, 3.05) is 13.2 Å². The van der Waals surface area contributed by atoms with Crippen LogP contribution in [-0.4, -0.2) is 38.1 Å². The van der Waals surface area contributed by atoms with Gasteiger partial charge in [-0.2, -0.15) is 0 Å². The molecule has 2 aromatic carbocycles. The molecule has 1 saturated heterocycles. The van der Waals surface area contributed by atoms with Crippen molar-refractivity contribution in [2.45, 2.75) is 50.0 Å². The maximum Gasteiger partial charge on any atom is 0.240 e. The Morgan fingerprint density at radius 1 is 1.19 bits per heavy atom. The second-order valence-corrected chi connectivity index (χ2v) is 10.2. The molecule has 0 radical (unpaired) electrons. The maximum atomic E-state index is 13.3. The smallest absolute Gasteiger partial charge is 0.240 e. The van der Waals surface area contributed by atoms with Gasteiger partial charge in [0.05, 0.1) is 16.8 Å². The number of aryl methyl sites for hydroxylation is 2. The van der Waals surface area contributed by atoms with Gasteiger partial charge in [0.25, 0.3) is 0 Å². The Hall–Kier alpha value is -2.64. The van der Waals surface area contributed by atoms with Crippen molar-refractivity contribution in [1.29, 1.82) is 0 Å². The lowest BCUT2D eigenvalue weighted by Crippen LogP contribution is -2.34. The van der Waals surface area contributed by atoms with E-state index in [0.717, 1.165) is 41.7 Å². The second-order valence-electron chi connectivity index (χ2n) is 8.27. The fourth-order valence-electron chi connectivity index (χ4n) is 4.07. The third-order valence-corrected chi connectivity index (χ3v) is 7.49. The standard InChI is InChI=1S/C24H28N2O4S/c1-17-9-10-18(2)19(12-17)16-31(28,29)23-14-26(22-8-4-3-7-21(22)23)15-24(27)25-13-20-6-5-11-30-20/h3-4,7-10,12,14,20H,5-6,11,13,15-16H2,1-2H3,(H,25,27). The second kappa shape index (κ2) is 8.85. The minimum absolute atomic E-state index is 0.0617. The zero-order chi connectivity index (χ0) is 22.0. The van der Waals surface area contributed by atoms with Crippen molar-refractivity contribution in [1.82, 2.24) is 9.88 Å². The summed E-state index contributed by atoms with van der Waals surface area (Å²) >= 11 is 0. The van der Waals surface area contributed by atoms with Crippen molar-refractivity contribution in [3.63, 3.8) is 0 Å². The molecule has 2 heterocycles. The number of sulfone groups is 1. The van der Waals surface area contributed by atoms with Gasteiger partial charge in [0.2, 0.25) is 5.91 Å².